The summed E-state index contributed by atoms with van der Waals surface area (Å²) >= 11 is 1.66. The van der Waals surface area contributed by atoms with Crippen LogP contribution in [0.5, 0.6) is 0 Å². The molecule has 1 rings (SSSR count). The molecule has 0 saturated carbocycles. The van der Waals surface area contributed by atoms with E-state index in [9.17, 15) is 4.79 Å². The summed E-state index contributed by atoms with van der Waals surface area (Å²) in [7, 11) is 3.57. The Balaban J connectivity index is 2.35. The van der Waals surface area contributed by atoms with Gasteiger partial charge in [-0.3, -0.25) is 4.79 Å². The smallest absolute Gasteiger partial charge is 0.232 e. The van der Waals surface area contributed by atoms with Crippen molar-refractivity contribution in [2.45, 2.75) is 12.7 Å². The fraction of sp³-hybridized carbons (Fsp3) is 0.417. The van der Waals surface area contributed by atoms with Gasteiger partial charge in [0.05, 0.1) is 5.75 Å². The van der Waals surface area contributed by atoms with Crippen LogP contribution in [0, 0.1) is 6.92 Å². The molecule has 0 aliphatic heterocycles. The molecule has 0 unspecified atom stereocenters. The maximum atomic E-state index is 11.3. The number of carbonyl (C=O) groups is 1. The second-order valence-electron chi connectivity index (χ2n) is 3.77. The molecule has 15 heavy (non-hydrogen) atoms. The largest absolute Gasteiger partial charge is 0.348 e. The Morgan fingerprint density at radius 3 is 2.73 bits per heavy atom. The van der Waals surface area contributed by atoms with Crippen molar-refractivity contribution >= 4 is 17.7 Å². The van der Waals surface area contributed by atoms with Crippen molar-refractivity contribution in [2.24, 2.45) is 0 Å². The first kappa shape index (κ1) is 12.1. The lowest BCUT2D eigenvalue weighted by Crippen LogP contribution is -2.23. The predicted octanol–water partition coefficient (Wildman–Crippen LogP) is 2.32. The maximum Gasteiger partial charge on any atom is 0.232 e. The van der Waals surface area contributed by atoms with Crippen LogP contribution in [0.2, 0.25) is 0 Å². The molecular weight excluding hydrogens is 206 g/mol. The van der Waals surface area contributed by atoms with E-state index in [0.29, 0.717) is 5.75 Å². The molecule has 0 aliphatic rings. The van der Waals surface area contributed by atoms with Gasteiger partial charge in [-0.15, -0.1) is 11.8 Å². The minimum atomic E-state index is 0.174. The lowest BCUT2D eigenvalue weighted by atomic mass is 10.2. The molecule has 2 nitrogen and oxygen atoms in total. The second kappa shape index (κ2) is 5.81. The highest BCUT2D eigenvalue weighted by Crippen LogP contribution is 2.13. The van der Waals surface area contributed by atoms with Crippen LogP contribution in [0.15, 0.2) is 24.3 Å². The van der Waals surface area contributed by atoms with E-state index in [1.165, 1.54) is 11.1 Å². The molecule has 0 saturated heterocycles. The Kier molecular flexibility index (Phi) is 4.69. The van der Waals surface area contributed by atoms with E-state index in [-0.39, 0.29) is 5.91 Å². The predicted molar refractivity (Wildman–Crippen MR) is 66.0 cm³/mol. The van der Waals surface area contributed by atoms with Gasteiger partial charge in [-0.1, -0.05) is 29.8 Å². The zero-order valence-corrected chi connectivity index (χ0v) is 10.3. The Morgan fingerprint density at radius 1 is 1.40 bits per heavy atom. The molecule has 0 radical (unpaired) electrons. The summed E-state index contributed by atoms with van der Waals surface area (Å²) in [6, 6.07) is 8.39. The average molecular weight is 223 g/mol. The maximum absolute atomic E-state index is 11.3. The van der Waals surface area contributed by atoms with Crippen LogP contribution in [0.25, 0.3) is 0 Å². The zero-order valence-electron chi connectivity index (χ0n) is 9.49. The Hall–Kier alpha value is -0.960. The Morgan fingerprint density at radius 2 is 2.13 bits per heavy atom. The number of thioether (sulfide) groups is 1. The highest BCUT2D eigenvalue weighted by Gasteiger charge is 2.03. The summed E-state index contributed by atoms with van der Waals surface area (Å²) in [6.45, 7) is 2.08. The Labute approximate surface area is 95.7 Å². The summed E-state index contributed by atoms with van der Waals surface area (Å²) in [5, 5.41) is 0. The van der Waals surface area contributed by atoms with Gasteiger partial charge in [0.2, 0.25) is 5.91 Å². The molecule has 3 heteroatoms. The van der Waals surface area contributed by atoms with Gasteiger partial charge in [0, 0.05) is 19.8 Å². The molecule has 1 aromatic rings. The van der Waals surface area contributed by atoms with E-state index in [1.54, 1.807) is 30.8 Å². The SMILES string of the molecule is Cc1cccc(CSCC(=O)N(C)C)c1. The van der Waals surface area contributed by atoms with E-state index in [1.807, 2.05) is 0 Å². The molecular formula is C12H17NOS. The molecule has 1 aromatic carbocycles. The second-order valence-corrected chi connectivity index (χ2v) is 4.76. The van der Waals surface area contributed by atoms with Crippen LogP contribution in [0.1, 0.15) is 11.1 Å². The van der Waals surface area contributed by atoms with Crippen molar-refractivity contribution in [2.75, 3.05) is 19.8 Å². The van der Waals surface area contributed by atoms with Crippen molar-refractivity contribution in [1.29, 1.82) is 0 Å². The number of amides is 1. The van der Waals surface area contributed by atoms with Crippen LogP contribution in [-0.4, -0.2) is 30.7 Å². The summed E-state index contributed by atoms with van der Waals surface area (Å²) in [6.07, 6.45) is 0. The van der Waals surface area contributed by atoms with E-state index < -0.39 is 0 Å². The molecule has 82 valence electrons. The number of hydrogen-bond acceptors (Lipinski definition) is 2. The molecule has 0 heterocycles. The molecule has 0 N–H and O–H groups in total. The van der Waals surface area contributed by atoms with E-state index in [2.05, 4.69) is 31.2 Å². The van der Waals surface area contributed by atoms with Crippen molar-refractivity contribution in [3.05, 3.63) is 35.4 Å². The summed E-state index contributed by atoms with van der Waals surface area (Å²) in [5.74, 6) is 1.63. The topological polar surface area (TPSA) is 20.3 Å². The fourth-order valence-corrected chi connectivity index (χ4v) is 2.14. The lowest BCUT2D eigenvalue weighted by molar-refractivity contribution is -0.125. The first-order valence-corrected chi connectivity index (χ1v) is 6.08. The van der Waals surface area contributed by atoms with Crippen molar-refractivity contribution in [1.82, 2.24) is 4.90 Å². The van der Waals surface area contributed by atoms with Crippen LogP contribution < -0.4 is 0 Å². The molecule has 0 fully saturated rings. The highest BCUT2D eigenvalue weighted by molar-refractivity contribution is 7.99. The monoisotopic (exact) mass is 223 g/mol. The van der Waals surface area contributed by atoms with Crippen molar-refractivity contribution in [3.8, 4) is 0 Å². The minimum Gasteiger partial charge on any atom is -0.348 e. The molecule has 0 aromatic heterocycles. The first-order valence-electron chi connectivity index (χ1n) is 4.93. The first-order chi connectivity index (χ1) is 7.09. The van der Waals surface area contributed by atoms with Gasteiger partial charge in [0.15, 0.2) is 0 Å². The van der Waals surface area contributed by atoms with E-state index in [4.69, 9.17) is 0 Å². The normalized spacial score (nSPS) is 10.1. The van der Waals surface area contributed by atoms with Crippen molar-refractivity contribution < 1.29 is 4.79 Å². The molecule has 0 spiro atoms. The third kappa shape index (κ3) is 4.38. The van der Waals surface area contributed by atoms with Crippen LogP contribution in [0.3, 0.4) is 0 Å². The van der Waals surface area contributed by atoms with Crippen LogP contribution in [0.4, 0.5) is 0 Å². The third-order valence-electron chi connectivity index (χ3n) is 2.08. The Bertz CT molecular complexity index is 336. The zero-order chi connectivity index (χ0) is 11.3. The van der Waals surface area contributed by atoms with E-state index >= 15 is 0 Å². The molecule has 0 bridgehead atoms. The van der Waals surface area contributed by atoms with Gasteiger partial charge in [0.25, 0.3) is 0 Å². The number of benzene rings is 1. The number of aryl methyl sites for hydroxylation is 1. The highest BCUT2D eigenvalue weighted by atomic mass is 32.2. The van der Waals surface area contributed by atoms with Gasteiger partial charge in [-0.25, -0.2) is 0 Å². The third-order valence-corrected chi connectivity index (χ3v) is 3.06. The number of carbonyl (C=O) groups excluding carboxylic acids is 1. The lowest BCUT2D eigenvalue weighted by Gasteiger charge is -2.09. The summed E-state index contributed by atoms with van der Waals surface area (Å²) < 4.78 is 0. The minimum absolute atomic E-state index is 0.174. The molecule has 0 aliphatic carbocycles. The van der Waals surface area contributed by atoms with Gasteiger partial charge in [-0.05, 0) is 12.5 Å². The van der Waals surface area contributed by atoms with Gasteiger partial charge in [0.1, 0.15) is 0 Å². The molecule has 1 amide bonds. The van der Waals surface area contributed by atoms with Crippen LogP contribution in [-0.2, 0) is 10.5 Å². The van der Waals surface area contributed by atoms with E-state index in [0.717, 1.165) is 5.75 Å². The van der Waals surface area contributed by atoms with Crippen molar-refractivity contribution in [3.63, 3.8) is 0 Å². The quantitative estimate of drug-likeness (QED) is 0.780. The van der Waals surface area contributed by atoms with Crippen LogP contribution >= 0.6 is 11.8 Å². The van der Waals surface area contributed by atoms with Gasteiger partial charge < -0.3 is 4.90 Å². The summed E-state index contributed by atoms with van der Waals surface area (Å²) in [4.78, 5) is 12.9. The molecule has 0 atom stereocenters. The van der Waals surface area contributed by atoms with Gasteiger partial charge >= 0.3 is 0 Å². The standard InChI is InChI=1S/C12H17NOS/c1-10-5-4-6-11(7-10)8-15-9-12(14)13(2)3/h4-7H,8-9H2,1-3H3. The number of rotatable bonds is 4. The fourth-order valence-electron chi connectivity index (χ4n) is 1.19. The average Bonchev–Trinajstić information content (AvgIpc) is 2.17. The summed E-state index contributed by atoms with van der Waals surface area (Å²) in [5.41, 5.74) is 2.55. The van der Waals surface area contributed by atoms with Gasteiger partial charge in [-0.2, -0.15) is 0 Å². The number of nitrogens with zero attached hydrogens (tertiary/aromatic N) is 1. The number of hydrogen-bond donors (Lipinski definition) is 0.